The quantitative estimate of drug-likeness (QED) is 0.327. The van der Waals surface area contributed by atoms with E-state index in [1.165, 1.54) is 0 Å². The summed E-state index contributed by atoms with van der Waals surface area (Å²) >= 11 is 0. The van der Waals surface area contributed by atoms with Gasteiger partial charge in [0, 0.05) is 0 Å². The van der Waals surface area contributed by atoms with Crippen LogP contribution in [0.3, 0.4) is 0 Å². The van der Waals surface area contributed by atoms with E-state index in [-0.39, 0.29) is 20.2 Å². The highest BCUT2D eigenvalue weighted by atomic mass is 19.2. The van der Waals surface area contributed by atoms with Crippen molar-refractivity contribution in [2.45, 2.75) is 0 Å². The molecule has 1 aromatic carbocycles. The second-order valence-electron chi connectivity index (χ2n) is 2.12. The van der Waals surface area contributed by atoms with Gasteiger partial charge in [-0.15, -0.1) is 0 Å². The molecule has 0 amide bonds. The third-order valence-electron chi connectivity index (χ3n) is 1.31. The second kappa shape index (κ2) is 6.75. The zero-order valence-electron chi connectivity index (χ0n) is 7.10. The summed E-state index contributed by atoms with van der Waals surface area (Å²) in [6, 6.07) is -2.41. The minimum Gasteiger partial charge on any atom is -0.269 e. The van der Waals surface area contributed by atoms with Crippen molar-refractivity contribution in [3.05, 3.63) is 34.9 Å². The SMILES string of the molecule is F.F.F.O=C(F)c1cc(F)c(F)c(F)c1F. The molecular weight excluding hydrogens is 252 g/mol. The molecule has 9 heteroatoms. The minimum atomic E-state index is -2.37. The van der Waals surface area contributed by atoms with Crippen LogP contribution < -0.4 is 0 Å². The Morgan fingerprint density at radius 2 is 1.31 bits per heavy atom. The van der Waals surface area contributed by atoms with Gasteiger partial charge in [0.25, 0.3) is 0 Å². The number of hydrogen-bond acceptors (Lipinski definition) is 1. The van der Waals surface area contributed by atoms with E-state index in [0.717, 1.165) is 0 Å². The van der Waals surface area contributed by atoms with E-state index >= 15 is 0 Å². The van der Waals surface area contributed by atoms with Gasteiger partial charge in [-0.2, -0.15) is 4.39 Å². The van der Waals surface area contributed by atoms with Gasteiger partial charge in [0.1, 0.15) is 0 Å². The molecule has 0 saturated heterocycles. The fourth-order valence-electron chi connectivity index (χ4n) is 0.716. The maximum absolute atomic E-state index is 12.5. The summed E-state index contributed by atoms with van der Waals surface area (Å²) in [5.74, 6) is -8.14. The van der Waals surface area contributed by atoms with Gasteiger partial charge in [-0.25, -0.2) is 17.6 Å². The van der Waals surface area contributed by atoms with E-state index in [2.05, 4.69) is 0 Å². The van der Waals surface area contributed by atoms with Crippen LogP contribution in [-0.2, 0) is 0 Å². The number of hydrogen-bond donors (Lipinski definition) is 0. The molecule has 16 heavy (non-hydrogen) atoms. The molecule has 0 aromatic heterocycles. The van der Waals surface area contributed by atoms with Gasteiger partial charge in [-0.1, -0.05) is 0 Å². The molecule has 0 unspecified atom stereocenters. The summed E-state index contributed by atoms with van der Waals surface area (Å²) in [4.78, 5) is 9.92. The Labute approximate surface area is 83.0 Å². The van der Waals surface area contributed by atoms with Gasteiger partial charge in [0.2, 0.25) is 0 Å². The summed E-state index contributed by atoms with van der Waals surface area (Å²) in [6.07, 6.45) is 0. The van der Waals surface area contributed by atoms with E-state index in [4.69, 9.17) is 0 Å². The van der Waals surface area contributed by atoms with Gasteiger partial charge < -0.3 is 0 Å². The molecule has 1 aromatic rings. The number of carbonyl (C=O) groups is 1. The van der Waals surface area contributed by atoms with Crippen molar-refractivity contribution >= 4 is 6.04 Å². The van der Waals surface area contributed by atoms with Crippen molar-refractivity contribution in [1.29, 1.82) is 0 Å². The molecule has 0 N–H and O–H groups in total. The topological polar surface area (TPSA) is 17.1 Å². The van der Waals surface area contributed by atoms with Gasteiger partial charge in [-0.3, -0.25) is 18.9 Å². The van der Waals surface area contributed by atoms with Crippen LogP contribution in [0.2, 0.25) is 0 Å². The van der Waals surface area contributed by atoms with Crippen molar-refractivity contribution in [2.75, 3.05) is 0 Å². The third-order valence-corrected chi connectivity index (χ3v) is 1.31. The molecule has 94 valence electrons. The van der Waals surface area contributed by atoms with Crippen LogP contribution in [0.15, 0.2) is 6.07 Å². The second-order valence-corrected chi connectivity index (χ2v) is 2.12. The van der Waals surface area contributed by atoms with Crippen LogP contribution >= 0.6 is 0 Å². The Hall–Kier alpha value is -1.67. The summed E-state index contributed by atoms with van der Waals surface area (Å²) in [6.45, 7) is 0. The average molecular weight is 256 g/mol. The third kappa shape index (κ3) is 3.17. The first-order valence-electron chi connectivity index (χ1n) is 2.98. The smallest absolute Gasteiger partial charge is 0.269 e. The van der Waals surface area contributed by atoms with Gasteiger partial charge >= 0.3 is 6.04 Å². The molecule has 0 bridgehead atoms. The maximum atomic E-state index is 12.5. The zero-order valence-corrected chi connectivity index (χ0v) is 7.10. The summed E-state index contributed by atoms with van der Waals surface area (Å²) in [5.41, 5.74) is -1.46. The fourth-order valence-corrected chi connectivity index (χ4v) is 0.716. The monoisotopic (exact) mass is 256 g/mol. The van der Waals surface area contributed by atoms with Gasteiger partial charge in [0.05, 0.1) is 5.56 Å². The molecule has 0 aliphatic heterocycles. The molecule has 1 rings (SSSR count). The molecule has 0 atom stereocenters. The molecule has 0 aliphatic carbocycles. The number of halogens is 8. The molecular formula is C7H4F8O. The Bertz CT molecular complexity index is 377. The molecule has 1 nitrogen and oxygen atoms in total. The van der Waals surface area contributed by atoms with Crippen LogP contribution in [-0.4, -0.2) is 6.04 Å². The molecule has 0 radical (unpaired) electrons. The van der Waals surface area contributed by atoms with Crippen LogP contribution in [0.25, 0.3) is 0 Å². The Morgan fingerprint density at radius 1 is 0.875 bits per heavy atom. The van der Waals surface area contributed by atoms with E-state index in [1.807, 2.05) is 0 Å². The van der Waals surface area contributed by atoms with E-state index in [1.54, 1.807) is 0 Å². The first-order chi connectivity index (χ1) is 5.95. The van der Waals surface area contributed by atoms with E-state index in [9.17, 15) is 26.7 Å². The summed E-state index contributed by atoms with van der Waals surface area (Å²) in [7, 11) is 0. The maximum Gasteiger partial charge on any atom is 0.335 e. The highest BCUT2D eigenvalue weighted by molar-refractivity contribution is 5.88. The predicted molar refractivity (Wildman–Crippen MR) is 39.2 cm³/mol. The average Bonchev–Trinajstić information content (AvgIpc) is 2.07. The summed E-state index contributed by atoms with van der Waals surface area (Å²) in [5, 5.41) is 0. The van der Waals surface area contributed by atoms with E-state index < -0.39 is 34.9 Å². The van der Waals surface area contributed by atoms with Crippen molar-refractivity contribution in [2.24, 2.45) is 0 Å². The van der Waals surface area contributed by atoms with Crippen LogP contribution in [0, 0.1) is 23.3 Å². The van der Waals surface area contributed by atoms with Crippen LogP contribution in [0.4, 0.5) is 36.1 Å². The lowest BCUT2D eigenvalue weighted by molar-refractivity contribution is 0.0829. The van der Waals surface area contributed by atoms with Crippen molar-refractivity contribution in [3.63, 3.8) is 0 Å². The van der Waals surface area contributed by atoms with Gasteiger partial charge in [-0.05, 0) is 6.07 Å². The van der Waals surface area contributed by atoms with Crippen LogP contribution in [0.5, 0.6) is 0 Å². The molecule has 0 aliphatic rings. The Balaban J connectivity index is -0.000000563. The Morgan fingerprint density at radius 3 is 1.69 bits per heavy atom. The minimum absolute atomic E-state index is 0. The first kappa shape index (κ1) is 19.8. The van der Waals surface area contributed by atoms with Crippen molar-refractivity contribution in [1.82, 2.24) is 0 Å². The standard InChI is InChI=1S/C7HF5O.3FH/c8-3-1-2(7(12)13)4(9)6(11)5(3)10;;;/h1H;3*1H. The lowest BCUT2D eigenvalue weighted by Crippen LogP contribution is -2.04. The number of rotatable bonds is 1. The zero-order chi connectivity index (χ0) is 10.2. The van der Waals surface area contributed by atoms with Crippen molar-refractivity contribution < 1.29 is 40.9 Å². The molecule has 0 fully saturated rings. The fraction of sp³-hybridized carbons (Fsp3) is 0. The number of benzene rings is 1. The van der Waals surface area contributed by atoms with Gasteiger partial charge in [0.15, 0.2) is 23.3 Å². The number of carbonyl (C=O) groups excluding carboxylic acids is 1. The molecule has 0 spiro atoms. The largest absolute Gasteiger partial charge is 0.335 e. The molecule has 0 saturated carbocycles. The highest BCUT2D eigenvalue weighted by Gasteiger charge is 2.22. The van der Waals surface area contributed by atoms with Crippen LogP contribution in [0.1, 0.15) is 10.4 Å². The lowest BCUT2D eigenvalue weighted by Gasteiger charge is -1.99. The van der Waals surface area contributed by atoms with E-state index in [0.29, 0.717) is 0 Å². The van der Waals surface area contributed by atoms with Crippen molar-refractivity contribution in [3.8, 4) is 0 Å². The lowest BCUT2D eigenvalue weighted by atomic mass is 10.2. The first-order valence-corrected chi connectivity index (χ1v) is 2.98. The molecule has 0 heterocycles. The summed E-state index contributed by atoms with van der Waals surface area (Å²) < 4.78 is 61.1. The Kier molecular flexibility index (Phi) is 8.37. The normalized spacial score (nSPS) is 8.31. The highest BCUT2D eigenvalue weighted by Crippen LogP contribution is 2.19. The predicted octanol–water partition coefficient (Wildman–Crippen LogP) is 2.81.